The van der Waals surface area contributed by atoms with Gasteiger partial charge in [0.05, 0.1) is 0 Å². The number of halogens is 1. The van der Waals surface area contributed by atoms with Crippen molar-refractivity contribution in [2.45, 2.75) is 46.2 Å². The van der Waals surface area contributed by atoms with Gasteiger partial charge < -0.3 is 5.32 Å². The van der Waals surface area contributed by atoms with Gasteiger partial charge in [-0.3, -0.25) is 0 Å². The monoisotopic (exact) mass is 301 g/mol. The quantitative estimate of drug-likeness (QED) is 0.796. The van der Waals surface area contributed by atoms with Gasteiger partial charge in [0.15, 0.2) is 0 Å². The van der Waals surface area contributed by atoms with Crippen molar-refractivity contribution in [2.75, 3.05) is 0 Å². The Morgan fingerprint density at radius 1 is 1.00 bits per heavy atom. The minimum atomic E-state index is 0.346. The van der Waals surface area contributed by atoms with Crippen molar-refractivity contribution in [1.29, 1.82) is 0 Å². The van der Waals surface area contributed by atoms with E-state index in [0.717, 1.165) is 11.4 Å². The topological polar surface area (TPSA) is 12.0 Å². The highest BCUT2D eigenvalue weighted by Gasteiger charge is 2.11. The lowest BCUT2D eigenvalue weighted by Gasteiger charge is -2.21. The van der Waals surface area contributed by atoms with Crippen LogP contribution in [-0.4, -0.2) is 6.04 Å². The third kappa shape index (κ3) is 4.59. The van der Waals surface area contributed by atoms with Gasteiger partial charge in [0.25, 0.3) is 0 Å². The molecule has 0 aliphatic heterocycles. The van der Waals surface area contributed by atoms with Crippen molar-refractivity contribution in [2.24, 2.45) is 0 Å². The Labute approximate surface area is 133 Å². The summed E-state index contributed by atoms with van der Waals surface area (Å²) in [6.45, 7) is 8.76. The fraction of sp³-hybridized carbons (Fsp3) is 0.368. The van der Waals surface area contributed by atoms with E-state index >= 15 is 0 Å². The van der Waals surface area contributed by atoms with Gasteiger partial charge in [-0.25, -0.2) is 0 Å². The zero-order valence-electron chi connectivity index (χ0n) is 13.3. The summed E-state index contributed by atoms with van der Waals surface area (Å²) in [5.41, 5.74) is 5.31. The molecule has 0 spiro atoms. The van der Waals surface area contributed by atoms with Gasteiger partial charge >= 0.3 is 0 Å². The Hall–Kier alpha value is -1.31. The van der Waals surface area contributed by atoms with Crippen molar-refractivity contribution in [1.82, 2.24) is 5.32 Å². The summed E-state index contributed by atoms with van der Waals surface area (Å²) in [4.78, 5) is 0. The molecule has 2 aromatic rings. The van der Waals surface area contributed by atoms with E-state index in [1.165, 1.54) is 22.3 Å². The van der Waals surface area contributed by atoms with Crippen molar-refractivity contribution < 1.29 is 0 Å². The minimum Gasteiger partial charge on any atom is -0.307 e. The second-order valence-corrected chi connectivity index (χ2v) is 6.40. The summed E-state index contributed by atoms with van der Waals surface area (Å²) < 4.78 is 0. The van der Waals surface area contributed by atoms with Crippen LogP contribution in [0, 0.1) is 13.8 Å². The molecule has 2 rings (SSSR count). The van der Waals surface area contributed by atoms with Crippen LogP contribution in [0.15, 0.2) is 42.5 Å². The van der Waals surface area contributed by atoms with Gasteiger partial charge in [-0.05, 0) is 68.5 Å². The summed E-state index contributed by atoms with van der Waals surface area (Å²) in [5, 5.41) is 4.47. The lowest BCUT2D eigenvalue weighted by atomic mass is 10.0. The predicted molar refractivity (Wildman–Crippen MR) is 92.1 cm³/mol. The molecule has 1 nitrogen and oxygen atoms in total. The van der Waals surface area contributed by atoms with Crippen LogP contribution in [-0.2, 0) is 6.42 Å². The average Bonchev–Trinajstić information content (AvgIpc) is 2.41. The molecule has 0 amide bonds. The van der Waals surface area contributed by atoms with Gasteiger partial charge in [0, 0.05) is 17.1 Å². The van der Waals surface area contributed by atoms with Gasteiger partial charge in [-0.1, -0.05) is 41.9 Å². The lowest BCUT2D eigenvalue weighted by Crippen LogP contribution is -2.30. The first-order chi connectivity index (χ1) is 9.95. The first-order valence-electron chi connectivity index (χ1n) is 7.53. The predicted octanol–water partition coefficient (Wildman–Crippen LogP) is 5.24. The number of nitrogens with one attached hydrogen (secondary N) is 1. The maximum Gasteiger partial charge on any atom is 0.0408 e. The molecule has 0 radical (unpaired) electrons. The van der Waals surface area contributed by atoms with E-state index in [2.05, 4.69) is 57.3 Å². The van der Waals surface area contributed by atoms with Gasteiger partial charge in [-0.2, -0.15) is 0 Å². The molecule has 2 atom stereocenters. The smallest absolute Gasteiger partial charge is 0.0408 e. The molecular formula is C19H24ClN. The van der Waals surface area contributed by atoms with E-state index in [0.29, 0.717) is 12.1 Å². The van der Waals surface area contributed by atoms with Crippen LogP contribution in [0.5, 0.6) is 0 Å². The minimum absolute atomic E-state index is 0.346. The average molecular weight is 302 g/mol. The van der Waals surface area contributed by atoms with Crippen LogP contribution in [0.3, 0.4) is 0 Å². The fourth-order valence-electron chi connectivity index (χ4n) is 2.63. The van der Waals surface area contributed by atoms with E-state index in [4.69, 9.17) is 11.6 Å². The molecule has 0 saturated heterocycles. The molecule has 0 fully saturated rings. The van der Waals surface area contributed by atoms with E-state index in [1.54, 1.807) is 0 Å². The molecule has 112 valence electrons. The van der Waals surface area contributed by atoms with E-state index < -0.39 is 0 Å². The Balaban J connectivity index is 1.98. The second-order valence-electron chi connectivity index (χ2n) is 5.97. The molecule has 0 aliphatic carbocycles. The Kier molecular flexibility index (Phi) is 5.44. The highest BCUT2D eigenvalue weighted by Crippen LogP contribution is 2.18. The van der Waals surface area contributed by atoms with Crippen LogP contribution in [0.25, 0.3) is 0 Å². The maximum atomic E-state index is 6.04. The van der Waals surface area contributed by atoms with Crippen molar-refractivity contribution in [3.8, 4) is 0 Å². The summed E-state index contributed by atoms with van der Waals surface area (Å²) in [5.74, 6) is 0. The Morgan fingerprint density at radius 3 is 2.43 bits per heavy atom. The van der Waals surface area contributed by atoms with Crippen LogP contribution < -0.4 is 5.32 Å². The standard InChI is InChI=1S/C19H24ClN/c1-13-8-9-18(10-14(13)2)16(4)21-15(3)11-17-6-5-7-19(20)12-17/h5-10,12,15-16,21H,11H2,1-4H3. The third-order valence-electron chi connectivity index (χ3n) is 4.00. The molecule has 21 heavy (non-hydrogen) atoms. The van der Waals surface area contributed by atoms with Gasteiger partial charge in [-0.15, -0.1) is 0 Å². The number of hydrogen-bond acceptors (Lipinski definition) is 1. The third-order valence-corrected chi connectivity index (χ3v) is 4.23. The molecule has 2 aromatic carbocycles. The maximum absolute atomic E-state index is 6.04. The molecule has 0 heterocycles. The first kappa shape index (κ1) is 16.1. The Morgan fingerprint density at radius 2 is 1.76 bits per heavy atom. The van der Waals surface area contributed by atoms with E-state index in [9.17, 15) is 0 Å². The van der Waals surface area contributed by atoms with Crippen LogP contribution in [0.1, 0.15) is 42.1 Å². The van der Waals surface area contributed by atoms with Crippen molar-refractivity contribution in [3.05, 3.63) is 69.7 Å². The van der Waals surface area contributed by atoms with Crippen molar-refractivity contribution >= 4 is 11.6 Å². The summed E-state index contributed by atoms with van der Waals surface area (Å²) in [7, 11) is 0. The van der Waals surface area contributed by atoms with Crippen molar-refractivity contribution in [3.63, 3.8) is 0 Å². The zero-order chi connectivity index (χ0) is 15.4. The van der Waals surface area contributed by atoms with Crippen LogP contribution >= 0.6 is 11.6 Å². The highest BCUT2D eigenvalue weighted by molar-refractivity contribution is 6.30. The number of benzene rings is 2. The molecule has 0 saturated carbocycles. The molecule has 2 unspecified atom stereocenters. The van der Waals surface area contributed by atoms with Gasteiger partial charge in [0.1, 0.15) is 0 Å². The second kappa shape index (κ2) is 7.11. The number of rotatable bonds is 5. The normalized spacial score (nSPS) is 14.0. The summed E-state index contributed by atoms with van der Waals surface area (Å²) >= 11 is 6.04. The molecule has 0 aromatic heterocycles. The molecule has 2 heteroatoms. The lowest BCUT2D eigenvalue weighted by molar-refractivity contribution is 0.477. The Bertz CT molecular complexity index is 606. The van der Waals surface area contributed by atoms with Crippen LogP contribution in [0.2, 0.25) is 5.02 Å². The molecule has 0 aliphatic rings. The van der Waals surface area contributed by atoms with E-state index in [1.807, 2.05) is 18.2 Å². The highest BCUT2D eigenvalue weighted by atomic mass is 35.5. The van der Waals surface area contributed by atoms with E-state index in [-0.39, 0.29) is 0 Å². The SMILES string of the molecule is Cc1ccc(C(C)NC(C)Cc2cccc(Cl)c2)cc1C. The molecule has 0 bridgehead atoms. The fourth-order valence-corrected chi connectivity index (χ4v) is 2.85. The zero-order valence-corrected chi connectivity index (χ0v) is 14.0. The first-order valence-corrected chi connectivity index (χ1v) is 7.91. The molecular weight excluding hydrogens is 278 g/mol. The van der Waals surface area contributed by atoms with Crippen LogP contribution in [0.4, 0.5) is 0 Å². The number of hydrogen-bond donors (Lipinski definition) is 1. The number of aryl methyl sites for hydroxylation is 2. The summed E-state index contributed by atoms with van der Waals surface area (Å²) in [6.07, 6.45) is 0.982. The summed E-state index contributed by atoms with van der Waals surface area (Å²) in [6, 6.07) is 15.5. The molecule has 1 N–H and O–H groups in total. The van der Waals surface area contributed by atoms with Gasteiger partial charge in [0.2, 0.25) is 0 Å². The largest absolute Gasteiger partial charge is 0.307 e.